The molecule has 1 aromatic heterocycles. The summed E-state index contributed by atoms with van der Waals surface area (Å²) in [6, 6.07) is 3.72. The molecule has 4 rings (SSSR count). The summed E-state index contributed by atoms with van der Waals surface area (Å²) >= 11 is 0. The number of unbranched alkanes of at least 4 members (excludes halogenated alkanes) is 1. The van der Waals surface area contributed by atoms with Gasteiger partial charge in [-0.2, -0.15) is 4.98 Å². The van der Waals surface area contributed by atoms with Crippen molar-refractivity contribution < 1.29 is 28.5 Å². The van der Waals surface area contributed by atoms with E-state index in [1.54, 1.807) is 20.4 Å². The van der Waals surface area contributed by atoms with E-state index in [2.05, 4.69) is 27.5 Å². The van der Waals surface area contributed by atoms with Gasteiger partial charge in [0.15, 0.2) is 11.5 Å². The van der Waals surface area contributed by atoms with Crippen molar-refractivity contribution in [2.24, 2.45) is 17.3 Å². The van der Waals surface area contributed by atoms with Crippen molar-refractivity contribution in [3.05, 3.63) is 29.5 Å². The summed E-state index contributed by atoms with van der Waals surface area (Å²) in [6.07, 6.45) is 11.9. The predicted octanol–water partition coefficient (Wildman–Crippen LogP) is 4.04. The molecule has 6 N–H and O–H groups in total. The van der Waals surface area contributed by atoms with Crippen LogP contribution in [0.4, 0.5) is 11.8 Å². The molecule has 2 saturated carbocycles. The number of benzene rings is 1. The van der Waals surface area contributed by atoms with Crippen LogP contribution in [0.25, 0.3) is 0 Å². The van der Waals surface area contributed by atoms with Crippen molar-refractivity contribution in [1.29, 1.82) is 0 Å². The molecule has 46 heavy (non-hydrogen) atoms. The molecule has 2 fully saturated rings. The Morgan fingerprint density at radius 3 is 2.28 bits per heavy atom. The Bertz CT molecular complexity index is 1270. The van der Waals surface area contributed by atoms with Gasteiger partial charge < -0.3 is 41.0 Å². The quantitative estimate of drug-likeness (QED) is 0.174. The first kappa shape index (κ1) is 35.1. The maximum atomic E-state index is 13.1. The van der Waals surface area contributed by atoms with Gasteiger partial charge in [-0.3, -0.25) is 9.59 Å². The van der Waals surface area contributed by atoms with Gasteiger partial charge in [0.05, 0.1) is 34.0 Å². The summed E-state index contributed by atoms with van der Waals surface area (Å²) in [6.45, 7) is 4.31. The van der Waals surface area contributed by atoms with E-state index in [1.165, 1.54) is 25.7 Å². The summed E-state index contributed by atoms with van der Waals surface area (Å²) in [4.78, 5) is 33.4. The monoisotopic (exact) mass is 640 g/mol. The lowest BCUT2D eigenvalue weighted by Crippen LogP contribution is -2.47. The number of carbonyl (C=O) groups is 2. The average Bonchev–Trinajstić information content (AvgIpc) is 3.05. The molecule has 254 valence electrons. The first-order chi connectivity index (χ1) is 22.3. The Balaban J connectivity index is 1.08. The third-order valence-electron chi connectivity index (χ3n) is 9.39. The molecule has 2 unspecified atom stereocenters. The molecule has 12 nitrogen and oxygen atoms in total. The molecular weight excluding hydrogens is 588 g/mol. The van der Waals surface area contributed by atoms with Crippen molar-refractivity contribution in [3.8, 4) is 17.2 Å². The molecule has 2 aliphatic rings. The molecule has 1 aromatic carbocycles. The summed E-state index contributed by atoms with van der Waals surface area (Å²) in [7, 11) is 3.14. The number of rotatable bonds is 18. The number of nitrogen functional groups attached to an aromatic ring is 2. The highest BCUT2D eigenvalue weighted by Gasteiger charge is 2.45. The van der Waals surface area contributed by atoms with Gasteiger partial charge in [-0.25, -0.2) is 4.98 Å². The maximum absolute atomic E-state index is 13.1. The number of methoxy groups -OCH3 is 2. The van der Waals surface area contributed by atoms with Crippen molar-refractivity contribution in [3.63, 3.8) is 0 Å². The second-order valence-electron chi connectivity index (χ2n) is 12.6. The van der Waals surface area contributed by atoms with E-state index < -0.39 is 0 Å². The highest BCUT2D eigenvalue weighted by molar-refractivity contribution is 5.82. The van der Waals surface area contributed by atoms with Crippen LogP contribution in [0.2, 0.25) is 0 Å². The highest BCUT2D eigenvalue weighted by atomic mass is 16.5. The molecule has 2 aliphatic carbocycles. The summed E-state index contributed by atoms with van der Waals surface area (Å²) < 4.78 is 22.8. The van der Waals surface area contributed by atoms with Crippen LogP contribution in [-0.4, -0.2) is 68.9 Å². The minimum Gasteiger partial charge on any atom is -0.493 e. The number of fused-ring (bicyclic) bond motifs is 2. The van der Waals surface area contributed by atoms with E-state index in [-0.39, 0.29) is 23.2 Å². The number of nitrogens with one attached hydrogen (secondary N) is 2. The molecule has 0 aliphatic heterocycles. The van der Waals surface area contributed by atoms with Crippen molar-refractivity contribution >= 4 is 23.6 Å². The summed E-state index contributed by atoms with van der Waals surface area (Å²) in [5.74, 6) is 3.58. The summed E-state index contributed by atoms with van der Waals surface area (Å²) in [5.41, 5.74) is 13.0. The first-order valence-electron chi connectivity index (χ1n) is 16.6. The first-order valence-corrected chi connectivity index (χ1v) is 16.6. The average molecular weight is 641 g/mol. The smallest absolute Gasteiger partial charge is 0.226 e. The fourth-order valence-electron chi connectivity index (χ4n) is 7.00. The number of aromatic nitrogens is 2. The van der Waals surface area contributed by atoms with Crippen molar-refractivity contribution in [2.75, 3.05) is 58.6 Å². The number of nitrogens with zero attached hydrogens (tertiary/aromatic N) is 2. The van der Waals surface area contributed by atoms with Gasteiger partial charge in [-0.15, -0.1) is 0 Å². The van der Waals surface area contributed by atoms with Gasteiger partial charge in [0, 0.05) is 43.1 Å². The zero-order valence-corrected chi connectivity index (χ0v) is 27.7. The molecule has 2 aromatic rings. The predicted molar refractivity (Wildman–Crippen MR) is 177 cm³/mol. The fourth-order valence-corrected chi connectivity index (χ4v) is 7.00. The molecule has 0 radical (unpaired) electrons. The second-order valence-corrected chi connectivity index (χ2v) is 12.6. The van der Waals surface area contributed by atoms with Crippen LogP contribution in [0.3, 0.4) is 0 Å². The lowest BCUT2D eigenvalue weighted by Gasteiger charge is -2.46. The SMILES string of the molecule is CCC1(C(=O)NCCOCCNC(=O)CCCCOc2c(OC)cc(Cc3cnc(N)nc3N)cc2OC)CC2CCCC(C2)C1. The molecule has 0 saturated heterocycles. The molecule has 12 heteroatoms. The summed E-state index contributed by atoms with van der Waals surface area (Å²) in [5, 5.41) is 6.02. The zero-order chi connectivity index (χ0) is 32.9. The Hall–Kier alpha value is -3.80. The minimum absolute atomic E-state index is 0.0323. The van der Waals surface area contributed by atoms with Crippen LogP contribution in [0.5, 0.6) is 17.2 Å². The topological polar surface area (TPSA) is 173 Å². The third kappa shape index (κ3) is 9.60. The van der Waals surface area contributed by atoms with Crippen molar-refractivity contribution in [2.45, 2.75) is 77.6 Å². The fraction of sp³-hybridized carbons (Fsp3) is 0.647. The van der Waals surface area contributed by atoms with E-state index in [0.717, 1.165) is 30.4 Å². The number of nitrogens with two attached hydrogens (primary N) is 2. The number of amides is 2. The number of ether oxygens (including phenoxy) is 4. The lowest BCUT2D eigenvalue weighted by molar-refractivity contribution is -0.136. The maximum Gasteiger partial charge on any atom is 0.226 e. The van der Waals surface area contributed by atoms with E-state index >= 15 is 0 Å². The molecule has 1 heterocycles. The standard InChI is InChI=1S/C34H52N6O6/c1-4-34(20-23-8-7-9-24(16-23)21-34)32(42)38-12-15-45-14-11-37-29(41)10-5-6-13-46-30-27(43-2)18-25(19-28(30)44-3)17-26-22-39-33(36)40-31(26)35/h18-19,22-24H,4-17,20-21H2,1-3H3,(H,37,41)(H,38,42)(H4,35,36,39,40). The Morgan fingerprint density at radius 2 is 1.65 bits per heavy atom. The Labute approximate surface area is 272 Å². The van der Waals surface area contributed by atoms with E-state index in [4.69, 9.17) is 30.4 Å². The normalized spacial score (nSPS) is 20.5. The van der Waals surface area contributed by atoms with Gasteiger partial charge in [0.2, 0.25) is 23.5 Å². The van der Waals surface area contributed by atoms with Crippen LogP contribution in [0.1, 0.15) is 82.3 Å². The molecular formula is C34H52N6O6. The van der Waals surface area contributed by atoms with Gasteiger partial charge in [-0.1, -0.05) is 26.2 Å². The number of anilines is 2. The number of hydrogen-bond acceptors (Lipinski definition) is 10. The molecule has 2 atom stereocenters. The number of carbonyl (C=O) groups excluding carboxylic acids is 2. The second kappa shape index (κ2) is 17.2. The molecule has 2 bridgehead atoms. The Morgan fingerprint density at radius 1 is 0.978 bits per heavy atom. The van der Waals surface area contributed by atoms with Gasteiger partial charge in [-0.05, 0) is 68.1 Å². The highest BCUT2D eigenvalue weighted by Crippen LogP contribution is 2.50. The van der Waals surface area contributed by atoms with Gasteiger partial charge >= 0.3 is 0 Å². The van der Waals surface area contributed by atoms with E-state index in [0.29, 0.717) is 93.5 Å². The zero-order valence-electron chi connectivity index (χ0n) is 27.7. The largest absolute Gasteiger partial charge is 0.493 e. The van der Waals surface area contributed by atoms with Crippen molar-refractivity contribution in [1.82, 2.24) is 20.6 Å². The molecule has 2 amide bonds. The lowest BCUT2D eigenvalue weighted by atomic mass is 9.59. The third-order valence-corrected chi connectivity index (χ3v) is 9.39. The van der Waals surface area contributed by atoms with Crippen LogP contribution in [0.15, 0.2) is 18.3 Å². The van der Waals surface area contributed by atoms with Gasteiger partial charge in [0.1, 0.15) is 5.82 Å². The van der Waals surface area contributed by atoms with Crippen LogP contribution < -0.4 is 36.3 Å². The van der Waals surface area contributed by atoms with Crippen LogP contribution in [-0.2, 0) is 20.7 Å². The van der Waals surface area contributed by atoms with E-state index in [1.807, 2.05) is 12.1 Å². The minimum atomic E-state index is -0.208. The van der Waals surface area contributed by atoms with Crippen LogP contribution in [0, 0.1) is 17.3 Å². The van der Waals surface area contributed by atoms with Crippen LogP contribution >= 0.6 is 0 Å². The van der Waals surface area contributed by atoms with Gasteiger partial charge in [0.25, 0.3) is 0 Å². The Kier molecular flexibility index (Phi) is 13.1. The molecule has 0 spiro atoms. The van der Waals surface area contributed by atoms with E-state index in [9.17, 15) is 9.59 Å². The number of hydrogen-bond donors (Lipinski definition) is 4.